The maximum atomic E-state index is 13.7. The summed E-state index contributed by atoms with van der Waals surface area (Å²) in [6.07, 6.45) is 0. The summed E-state index contributed by atoms with van der Waals surface area (Å²) in [7, 11) is -12.2. The number of fused-ring (bicyclic) bond motifs is 1. The number of carbonyl (C=O) groups excluding carboxylic acids is 1. The van der Waals surface area contributed by atoms with Gasteiger partial charge in [-0.25, -0.2) is 25.3 Å². The molecule has 47 heavy (non-hydrogen) atoms. The minimum absolute atomic E-state index is 0.0208. The Kier molecular flexibility index (Phi) is 8.87. The van der Waals surface area contributed by atoms with Crippen LogP contribution in [0.3, 0.4) is 0 Å². The molecule has 1 saturated heterocycles. The molecule has 1 fully saturated rings. The van der Waals surface area contributed by atoms with Gasteiger partial charge in [0, 0.05) is 30.7 Å². The fraction of sp³-hybridized carbons (Fsp3) is 0.121. The molecular weight excluding hydrogens is 661 g/mol. The molecule has 1 heterocycles. The number of rotatable bonds is 9. The second-order valence-electron chi connectivity index (χ2n) is 10.8. The van der Waals surface area contributed by atoms with Crippen molar-refractivity contribution in [3.05, 3.63) is 127 Å². The van der Waals surface area contributed by atoms with Crippen LogP contribution in [0, 0.1) is 0 Å². The molecule has 5 aromatic rings. The van der Waals surface area contributed by atoms with Crippen molar-refractivity contribution < 1.29 is 30.0 Å². The summed E-state index contributed by atoms with van der Waals surface area (Å²) >= 11 is 0. The van der Waals surface area contributed by atoms with Crippen LogP contribution in [0.5, 0.6) is 0 Å². The van der Waals surface area contributed by atoms with Crippen LogP contribution in [-0.4, -0.2) is 65.4 Å². The van der Waals surface area contributed by atoms with Crippen molar-refractivity contribution in [2.24, 2.45) is 0 Å². The lowest BCUT2D eigenvalue weighted by atomic mass is 10.1. The number of nitrogens with one attached hydrogen (secondary N) is 2. The van der Waals surface area contributed by atoms with Crippen LogP contribution in [-0.2, 0) is 34.9 Å². The first-order chi connectivity index (χ1) is 22.5. The van der Waals surface area contributed by atoms with Crippen LogP contribution in [0.4, 0.5) is 11.4 Å². The number of hydrogen-bond donors (Lipinski definition) is 2. The first kappa shape index (κ1) is 32.3. The summed E-state index contributed by atoms with van der Waals surface area (Å²) in [5.74, 6) is -0.776. The Morgan fingerprint density at radius 1 is 0.596 bits per heavy atom. The predicted octanol–water partition coefficient (Wildman–Crippen LogP) is 4.34. The van der Waals surface area contributed by atoms with Crippen LogP contribution >= 0.6 is 0 Å². The van der Waals surface area contributed by atoms with Gasteiger partial charge in [-0.05, 0) is 60.0 Å². The highest BCUT2D eigenvalue weighted by molar-refractivity contribution is 7.92. The summed E-state index contributed by atoms with van der Waals surface area (Å²) in [5, 5.41) is 4.25. The molecular formula is C33H30N4O7S3. The first-order valence-electron chi connectivity index (χ1n) is 14.5. The molecule has 1 aliphatic rings. The average Bonchev–Trinajstić information content (AvgIpc) is 3.09. The number of amides is 1. The Balaban J connectivity index is 1.25. The average molecular weight is 691 g/mol. The molecule has 0 bridgehead atoms. The van der Waals surface area contributed by atoms with E-state index in [1.807, 2.05) is 30.3 Å². The fourth-order valence-corrected chi connectivity index (χ4v) is 9.52. The number of benzene rings is 5. The Bertz CT molecular complexity index is 2250. The molecule has 0 saturated carbocycles. The SMILES string of the molecule is O=C(Nc1ccc(S(=O)(=O)Nc2cccc3ccccc23)cc1)[C@@H]1CN(S(=O)(=O)c2ccccc2)CCN1S(=O)(=O)c1ccccc1. The van der Waals surface area contributed by atoms with Crippen molar-refractivity contribution in [2.75, 3.05) is 29.7 Å². The predicted molar refractivity (Wildman–Crippen MR) is 179 cm³/mol. The number of nitrogens with zero attached hydrogens (tertiary/aromatic N) is 2. The lowest BCUT2D eigenvalue weighted by molar-refractivity contribution is -0.120. The number of anilines is 2. The fourth-order valence-electron chi connectivity index (χ4n) is 5.39. The van der Waals surface area contributed by atoms with Crippen LogP contribution in [0.25, 0.3) is 10.8 Å². The minimum atomic E-state index is -4.19. The molecule has 14 heteroatoms. The highest BCUT2D eigenvalue weighted by Crippen LogP contribution is 2.28. The molecule has 242 valence electrons. The third-order valence-electron chi connectivity index (χ3n) is 7.79. The number of carbonyl (C=O) groups is 1. The van der Waals surface area contributed by atoms with Gasteiger partial charge in [0.2, 0.25) is 26.0 Å². The lowest BCUT2D eigenvalue weighted by Gasteiger charge is -2.38. The second-order valence-corrected chi connectivity index (χ2v) is 16.3. The van der Waals surface area contributed by atoms with Gasteiger partial charge in [-0.2, -0.15) is 8.61 Å². The van der Waals surface area contributed by atoms with Gasteiger partial charge in [-0.3, -0.25) is 9.52 Å². The van der Waals surface area contributed by atoms with E-state index in [1.54, 1.807) is 48.5 Å². The van der Waals surface area contributed by atoms with Gasteiger partial charge >= 0.3 is 0 Å². The van der Waals surface area contributed by atoms with Crippen molar-refractivity contribution in [2.45, 2.75) is 20.7 Å². The molecule has 0 aromatic heterocycles. The van der Waals surface area contributed by atoms with Gasteiger partial charge in [0.15, 0.2) is 0 Å². The molecule has 5 aromatic carbocycles. The molecule has 0 spiro atoms. The van der Waals surface area contributed by atoms with Gasteiger partial charge in [-0.15, -0.1) is 0 Å². The summed E-state index contributed by atoms with van der Waals surface area (Å²) in [5.41, 5.74) is 0.603. The molecule has 0 radical (unpaired) electrons. The van der Waals surface area contributed by atoms with Crippen molar-refractivity contribution in [1.82, 2.24) is 8.61 Å². The van der Waals surface area contributed by atoms with Crippen molar-refractivity contribution in [3.8, 4) is 0 Å². The van der Waals surface area contributed by atoms with E-state index in [1.165, 1.54) is 48.5 Å². The van der Waals surface area contributed by atoms with Crippen molar-refractivity contribution >= 4 is 58.1 Å². The van der Waals surface area contributed by atoms with Crippen LogP contribution in [0.1, 0.15) is 0 Å². The van der Waals surface area contributed by atoms with E-state index >= 15 is 0 Å². The van der Waals surface area contributed by atoms with E-state index in [0.717, 1.165) is 19.4 Å². The van der Waals surface area contributed by atoms with E-state index in [9.17, 15) is 30.0 Å². The molecule has 6 rings (SSSR count). The van der Waals surface area contributed by atoms with Crippen LogP contribution in [0.2, 0.25) is 0 Å². The van der Waals surface area contributed by atoms with E-state index in [2.05, 4.69) is 10.0 Å². The maximum absolute atomic E-state index is 13.7. The number of hydrogen-bond acceptors (Lipinski definition) is 7. The molecule has 1 amide bonds. The monoisotopic (exact) mass is 690 g/mol. The Labute approximate surface area is 273 Å². The third-order valence-corrected chi connectivity index (χ3v) is 13.0. The molecule has 0 unspecified atom stereocenters. The zero-order valence-electron chi connectivity index (χ0n) is 24.8. The largest absolute Gasteiger partial charge is 0.325 e. The summed E-state index contributed by atoms with van der Waals surface area (Å²) in [4.78, 5) is 13.7. The topological polar surface area (TPSA) is 150 Å². The molecule has 1 atom stereocenters. The zero-order valence-corrected chi connectivity index (χ0v) is 27.2. The normalized spacial score (nSPS) is 16.5. The van der Waals surface area contributed by atoms with Gasteiger partial charge in [0.05, 0.1) is 20.4 Å². The van der Waals surface area contributed by atoms with E-state index in [4.69, 9.17) is 0 Å². The number of piperazine rings is 1. The van der Waals surface area contributed by atoms with Gasteiger partial charge in [0.1, 0.15) is 6.04 Å². The second kappa shape index (κ2) is 12.9. The van der Waals surface area contributed by atoms with E-state index in [0.29, 0.717) is 5.69 Å². The highest BCUT2D eigenvalue weighted by atomic mass is 32.2. The van der Waals surface area contributed by atoms with Crippen molar-refractivity contribution in [1.29, 1.82) is 0 Å². The van der Waals surface area contributed by atoms with Crippen molar-refractivity contribution in [3.63, 3.8) is 0 Å². The molecule has 2 N–H and O–H groups in total. The van der Waals surface area contributed by atoms with E-state index in [-0.39, 0.29) is 33.5 Å². The summed E-state index contributed by atoms with van der Waals surface area (Å²) in [6, 6.07) is 31.9. The highest BCUT2D eigenvalue weighted by Gasteiger charge is 2.43. The van der Waals surface area contributed by atoms with Gasteiger partial charge in [-0.1, -0.05) is 72.8 Å². The van der Waals surface area contributed by atoms with Crippen LogP contribution < -0.4 is 10.0 Å². The van der Waals surface area contributed by atoms with Gasteiger partial charge < -0.3 is 5.32 Å². The quantitative estimate of drug-likeness (QED) is 0.234. The Hall–Kier alpha value is -4.60. The molecule has 0 aliphatic carbocycles. The van der Waals surface area contributed by atoms with Gasteiger partial charge in [0.25, 0.3) is 10.0 Å². The lowest BCUT2D eigenvalue weighted by Crippen LogP contribution is -2.60. The van der Waals surface area contributed by atoms with Crippen LogP contribution in [0.15, 0.2) is 142 Å². The summed E-state index contributed by atoms with van der Waals surface area (Å²) in [6.45, 7) is -0.863. The zero-order chi connectivity index (χ0) is 33.2. The van der Waals surface area contributed by atoms with E-state index < -0.39 is 48.6 Å². The Morgan fingerprint density at radius 3 is 1.83 bits per heavy atom. The number of sulfonamides is 3. The first-order valence-corrected chi connectivity index (χ1v) is 18.9. The molecule has 11 nitrogen and oxygen atoms in total. The minimum Gasteiger partial charge on any atom is -0.325 e. The summed E-state index contributed by atoms with van der Waals surface area (Å²) < 4.78 is 85.4. The maximum Gasteiger partial charge on any atom is 0.261 e. The smallest absolute Gasteiger partial charge is 0.261 e. The Morgan fingerprint density at radius 2 is 1.17 bits per heavy atom. The standard InChI is InChI=1S/C33H30N4O7S3/c38-33(34-26-18-20-27(21-19-26)45(39,40)35-31-17-9-11-25-10-7-8-16-30(25)31)32-24-36(46(41,42)28-12-3-1-4-13-28)22-23-37(32)47(43,44)29-14-5-2-6-15-29/h1-21,32,35H,22-24H2,(H,34,38)/t32-/m0/s1. The third kappa shape index (κ3) is 6.64. The molecule has 1 aliphatic heterocycles.